The van der Waals surface area contributed by atoms with Crippen LogP contribution in [0.4, 0.5) is 0 Å². The van der Waals surface area contributed by atoms with E-state index >= 15 is 0 Å². The normalized spacial score (nSPS) is 12.4. The first-order valence-electron chi connectivity index (χ1n) is 7.12. The van der Waals surface area contributed by atoms with Crippen molar-refractivity contribution in [3.63, 3.8) is 0 Å². The molecule has 1 aromatic carbocycles. The molecule has 2 rings (SSSR count). The van der Waals surface area contributed by atoms with E-state index in [4.69, 9.17) is 4.74 Å². The first-order valence-corrected chi connectivity index (χ1v) is 7.94. The Bertz CT molecular complexity index is 562. The second kappa shape index (κ2) is 6.91. The number of hydrogen-bond acceptors (Lipinski definition) is 3. The zero-order valence-corrected chi connectivity index (χ0v) is 13.5. The van der Waals surface area contributed by atoms with Crippen molar-refractivity contribution < 1.29 is 4.74 Å². The van der Waals surface area contributed by atoms with Gasteiger partial charge in [-0.2, -0.15) is 0 Å². The lowest BCUT2D eigenvalue weighted by atomic mass is 10.1. The fourth-order valence-corrected chi connectivity index (χ4v) is 3.40. The molecule has 0 saturated carbocycles. The maximum Gasteiger partial charge on any atom is 0.119 e. The molecule has 2 aromatic rings. The van der Waals surface area contributed by atoms with E-state index in [2.05, 4.69) is 44.3 Å². The van der Waals surface area contributed by atoms with Crippen molar-refractivity contribution in [2.24, 2.45) is 0 Å². The van der Waals surface area contributed by atoms with Gasteiger partial charge in [-0.25, -0.2) is 0 Å². The second-order valence-corrected chi connectivity index (χ2v) is 6.51. The van der Waals surface area contributed by atoms with E-state index < -0.39 is 0 Å². The molecule has 0 aliphatic heterocycles. The van der Waals surface area contributed by atoms with Crippen LogP contribution >= 0.6 is 11.3 Å². The van der Waals surface area contributed by atoms with E-state index in [-0.39, 0.29) is 0 Å². The van der Waals surface area contributed by atoms with Gasteiger partial charge in [-0.1, -0.05) is 12.1 Å². The third kappa shape index (κ3) is 3.84. The van der Waals surface area contributed by atoms with E-state index in [0.717, 1.165) is 12.3 Å². The molecule has 2 nitrogen and oxygen atoms in total. The third-order valence-electron chi connectivity index (χ3n) is 3.37. The number of rotatable bonds is 6. The van der Waals surface area contributed by atoms with E-state index in [1.165, 1.54) is 20.9 Å². The largest absolute Gasteiger partial charge is 0.494 e. The van der Waals surface area contributed by atoms with Gasteiger partial charge in [-0.05, 0) is 57.0 Å². The average Bonchev–Trinajstić information content (AvgIpc) is 2.76. The van der Waals surface area contributed by atoms with Crippen molar-refractivity contribution >= 4 is 11.3 Å². The number of hydrogen-bond donors (Lipinski definition) is 1. The molecule has 0 aliphatic rings. The van der Waals surface area contributed by atoms with Gasteiger partial charge in [0.05, 0.1) is 6.61 Å². The summed E-state index contributed by atoms with van der Waals surface area (Å²) in [5, 5.41) is 3.59. The van der Waals surface area contributed by atoms with Crippen molar-refractivity contribution in [3.05, 3.63) is 51.2 Å². The predicted octanol–water partition coefficient (Wildman–Crippen LogP) is 4.61. The molecule has 1 atom stereocenters. The summed E-state index contributed by atoms with van der Waals surface area (Å²) in [7, 11) is 0. The van der Waals surface area contributed by atoms with Gasteiger partial charge < -0.3 is 10.1 Å². The molecule has 0 spiro atoms. The minimum atomic E-state index is 0.371. The van der Waals surface area contributed by atoms with Gasteiger partial charge in [-0.3, -0.25) is 0 Å². The fraction of sp³-hybridized carbons (Fsp3) is 0.412. The highest BCUT2D eigenvalue weighted by atomic mass is 32.1. The third-order valence-corrected chi connectivity index (χ3v) is 4.35. The van der Waals surface area contributed by atoms with E-state index in [1.54, 1.807) is 0 Å². The highest BCUT2D eigenvalue weighted by Crippen LogP contribution is 2.26. The molecule has 0 radical (unpaired) electrons. The van der Waals surface area contributed by atoms with E-state index in [1.807, 2.05) is 30.4 Å². The zero-order valence-electron chi connectivity index (χ0n) is 12.7. The molecule has 20 heavy (non-hydrogen) atoms. The lowest BCUT2D eigenvalue weighted by Gasteiger charge is -2.14. The van der Waals surface area contributed by atoms with Crippen LogP contribution in [0.15, 0.2) is 30.3 Å². The van der Waals surface area contributed by atoms with Crippen LogP contribution in [0.5, 0.6) is 5.75 Å². The van der Waals surface area contributed by atoms with Gasteiger partial charge >= 0.3 is 0 Å². The predicted molar refractivity (Wildman–Crippen MR) is 86.7 cm³/mol. The number of aryl methyl sites for hydroxylation is 2. The first kappa shape index (κ1) is 15.1. The summed E-state index contributed by atoms with van der Waals surface area (Å²) in [5.41, 5.74) is 2.67. The number of thiophene rings is 1. The van der Waals surface area contributed by atoms with Crippen LogP contribution in [0, 0.1) is 13.8 Å². The number of nitrogens with one attached hydrogen (secondary N) is 1. The molecule has 1 N–H and O–H groups in total. The quantitative estimate of drug-likeness (QED) is 0.838. The van der Waals surface area contributed by atoms with Crippen LogP contribution in [0.25, 0.3) is 0 Å². The van der Waals surface area contributed by atoms with Crippen molar-refractivity contribution in [3.8, 4) is 5.75 Å². The highest BCUT2D eigenvalue weighted by Gasteiger charge is 2.10. The molecule has 1 unspecified atom stereocenters. The summed E-state index contributed by atoms with van der Waals surface area (Å²) in [6.45, 7) is 10.2. The van der Waals surface area contributed by atoms with Crippen LogP contribution in [-0.4, -0.2) is 6.61 Å². The molecule has 3 heteroatoms. The summed E-state index contributed by atoms with van der Waals surface area (Å²) in [5.74, 6) is 0.946. The van der Waals surface area contributed by atoms with Crippen LogP contribution in [-0.2, 0) is 6.54 Å². The van der Waals surface area contributed by atoms with E-state index in [0.29, 0.717) is 12.6 Å². The van der Waals surface area contributed by atoms with Gasteiger partial charge in [0.2, 0.25) is 0 Å². The van der Waals surface area contributed by atoms with Gasteiger partial charge in [0, 0.05) is 22.3 Å². The number of benzene rings is 1. The van der Waals surface area contributed by atoms with Crippen LogP contribution < -0.4 is 10.1 Å². The molecule has 0 aliphatic carbocycles. The second-order valence-electron chi connectivity index (χ2n) is 5.05. The summed E-state index contributed by atoms with van der Waals surface area (Å²) in [6, 6.07) is 10.9. The van der Waals surface area contributed by atoms with Crippen LogP contribution in [0.3, 0.4) is 0 Å². The Morgan fingerprint density at radius 3 is 2.70 bits per heavy atom. The Morgan fingerprint density at radius 1 is 1.25 bits per heavy atom. The lowest BCUT2D eigenvalue weighted by molar-refractivity contribution is 0.339. The Morgan fingerprint density at radius 2 is 2.05 bits per heavy atom. The van der Waals surface area contributed by atoms with Gasteiger partial charge in [0.15, 0.2) is 0 Å². The molecular weight excluding hydrogens is 266 g/mol. The Labute approximate surface area is 125 Å². The van der Waals surface area contributed by atoms with Crippen molar-refractivity contribution in [1.82, 2.24) is 5.32 Å². The standard InChI is InChI=1S/C17H23NOS/c1-5-19-16-8-6-7-15(10-16)11-18-13(3)17-9-12(2)20-14(17)4/h6-10,13,18H,5,11H2,1-4H3. The fourth-order valence-electron chi connectivity index (χ4n) is 2.37. The molecule has 0 bridgehead atoms. The van der Waals surface area contributed by atoms with Crippen molar-refractivity contribution in [1.29, 1.82) is 0 Å². The van der Waals surface area contributed by atoms with Gasteiger partial charge in [0.1, 0.15) is 5.75 Å². The van der Waals surface area contributed by atoms with Gasteiger partial charge in [-0.15, -0.1) is 11.3 Å². The summed E-state index contributed by atoms with van der Waals surface area (Å²) in [4.78, 5) is 2.79. The monoisotopic (exact) mass is 289 g/mol. The number of ether oxygens (including phenoxy) is 1. The topological polar surface area (TPSA) is 21.3 Å². The van der Waals surface area contributed by atoms with E-state index in [9.17, 15) is 0 Å². The molecule has 1 heterocycles. The molecule has 1 aromatic heterocycles. The average molecular weight is 289 g/mol. The molecule has 0 saturated heterocycles. The summed E-state index contributed by atoms with van der Waals surface area (Å²) in [6.07, 6.45) is 0. The summed E-state index contributed by atoms with van der Waals surface area (Å²) >= 11 is 1.87. The highest BCUT2D eigenvalue weighted by molar-refractivity contribution is 7.12. The smallest absolute Gasteiger partial charge is 0.119 e. The SMILES string of the molecule is CCOc1cccc(CNC(C)c2cc(C)sc2C)c1. The van der Waals surface area contributed by atoms with Crippen molar-refractivity contribution in [2.75, 3.05) is 6.61 Å². The summed E-state index contributed by atoms with van der Waals surface area (Å²) < 4.78 is 5.53. The van der Waals surface area contributed by atoms with Crippen LogP contribution in [0.2, 0.25) is 0 Å². The molecule has 108 valence electrons. The Kier molecular flexibility index (Phi) is 5.21. The minimum absolute atomic E-state index is 0.371. The minimum Gasteiger partial charge on any atom is -0.494 e. The Balaban J connectivity index is 1.98. The van der Waals surface area contributed by atoms with Crippen LogP contribution in [0.1, 0.15) is 40.8 Å². The zero-order chi connectivity index (χ0) is 14.5. The Hall–Kier alpha value is -1.32. The van der Waals surface area contributed by atoms with Crippen molar-refractivity contribution in [2.45, 2.75) is 40.3 Å². The molecule has 0 fully saturated rings. The molecular formula is C17H23NOS. The first-order chi connectivity index (χ1) is 9.60. The molecule has 0 amide bonds. The lowest BCUT2D eigenvalue weighted by Crippen LogP contribution is -2.18. The maximum atomic E-state index is 5.53. The maximum absolute atomic E-state index is 5.53. The van der Waals surface area contributed by atoms with Gasteiger partial charge in [0.25, 0.3) is 0 Å².